The summed E-state index contributed by atoms with van der Waals surface area (Å²) in [6, 6.07) is 11.1. The molecule has 31 heavy (non-hydrogen) atoms. The van der Waals surface area contributed by atoms with Gasteiger partial charge < -0.3 is 15.0 Å². The SMILES string of the molecule is O=C1Nc2ccc(S(=O)(=O)N3CCN(C(=O)COc4ccc(Br)cc4)CC3)cc2C1=O. The van der Waals surface area contributed by atoms with Crippen LogP contribution in [0, 0.1) is 0 Å². The van der Waals surface area contributed by atoms with Crippen LogP contribution in [-0.2, 0) is 19.6 Å². The van der Waals surface area contributed by atoms with Crippen molar-refractivity contribution in [3.05, 3.63) is 52.5 Å². The van der Waals surface area contributed by atoms with Gasteiger partial charge in [0, 0.05) is 30.7 Å². The molecule has 0 bridgehead atoms. The molecule has 0 spiro atoms. The number of nitrogens with one attached hydrogen (secondary N) is 1. The van der Waals surface area contributed by atoms with Crippen molar-refractivity contribution in [3.8, 4) is 5.75 Å². The number of nitrogens with zero attached hydrogens (tertiary/aromatic N) is 2. The van der Waals surface area contributed by atoms with Crippen molar-refractivity contribution in [1.82, 2.24) is 9.21 Å². The number of rotatable bonds is 5. The maximum atomic E-state index is 13.0. The topological polar surface area (TPSA) is 113 Å². The number of anilines is 1. The van der Waals surface area contributed by atoms with Crippen molar-refractivity contribution in [2.24, 2.45) is 0 Å². The second kappa shape index (κ2) is 8.40. The van der Waals surface area contributed by atoms with Gasteiger partial charge in [-0.15, -0.1) is 0 Å². The molecule has 2 amide bonds. The molecule has 0 radical (unpaired) electrons. The van der Waals surface area contributed by atoms with E-state index < -0.39 is 21.7 Å². The minimum absolute atomic E-state index is 0.0463. The molecule has 0 atom stereocenters. The van der Waals surface area contributed by atoms with Gasteiger partial charge in [-0.3, -0.25) is 14.4 Å². The number of hydrogen-bond donors (Lipinski definition) is 1. The Morgan fingerprint density at radius 2 is 1.71 bits per heavy atom. The quantitative estimate of drug-likeness (QED) is 0.613. The van der Waals surface area contributed by atoms with E-state index in [2.05, 4.69) is 21.2 Å². The molecule has 0 unspecified atom stereocenters. The van der Waals surface area contributed by atoms with Crippen LogP contribution in [0.15, 0.2) is 51.8 Å². The van der Waals surface area contributed by atoms with Gasteiger partial charge in [-0.1, -0.05) is 15.9 Å². The van der Waals surface area contributed by atoms with Crippen molar-refractivity contribution < 1.29 is 27.5 Å². The smallest absolute Gasteiger partial charge is 0.296 e. The molecule has 2 aromatic carbocycles. The molecule has 0 aromatic heterocycles. The molecule has 1 saturated heterocycles. The summed E-state index contributed by atoms with van der Waals surface area (Å²) >= 11 is 3.33. The lowest BCUT2D eigenvalue weighted by Gasteiger charge is -2.34. The van der Waals surface area contributed by atoms with E-state index in [-0.39, 0.29) is 49.2 Å². The van der Waals surface area contributed by atoms with Crippen molar-refractivity contribution in [2.45, 2.75) is 4.90 Å². The van der Waals surface area contributed by atoms with Gasteiger partial charge in [0.15, 0.2) is 6.61 Å². The average molecular weight is 508 g/mol. The number of sulfonamides is 1. The highest BCUT2D eigenvalue weighted by Gasteiger charge is 2.33. The van der Waals surface area contributed by atoms with Crippen molar-refractivity contribution in [3.63, 3.8) is 0 Å². The summed E-state index contributed by atoms with van der Waals surface area (Å²) in [6.07, 6.45) is 0. The molecular formula is C20H18BrN3O6S. The van der Waals surface area contributed by atoms with E-state index in [1.54, 1.807) is 17.0 Å². The molecule has 2 aliphatic rings. The van der Waals surface area contributed by atoms with E-state index in [0.29, 0.717) is 11.4 Å². The number of Topliss-reactive ketones (excluding diaryl/α,β-unsaturated/α-hetero) is 1. The number of benzene rings is 2. The molecule has 0 aliphatic carbocycles. The monoisotopic (exact) mass is 507 g/mol. The Balaban J connectivity index is 1.37. The van der Waals surface area contributed by atoms with Crippen LogP contribution in [0.25, 0.3) is 0 Å². The highest BCUT2D eigenvalue weighted by Crippen LogP contribution is 2.27. The lowest BCUT2D eigenvalue weighted by Crippen LogP contribution is -2.51. The van der Waals surface area contributed by atoms with Gasteiger partial charge in [-0.25, -0.2) is 8.42 Å². The summed E-state index contributed by atoms with van der Waals surface area (Å²) in [5.41, 5.74) is 0.347. The highest BCUT2D eigenvalue weighted by molar-refractivity contribution is 9.10. The molecule has 2 heterocycles. The molecule has 11 heteroatoms. The number of ether oxygens (including phenoxy) is 1. The molecule has 1 fully saturated rings. The predicted octanol–water partition coefficient (Wildman–Crippen LogP) is 1.50. The zero-order chi connectivity index (χ0) is 22.2. The number of fused-ring (bicyclic) bond motifs is 1. The van der Waals surface area contributed by atoms with E-state index in [1.807, 2.05) is 12.1 Å². The Morgan fingerprint density at radius 1 is 1.03 bits per heavy atom. The van der Waals surface area contributed by atoms with Crippen LogP contribution in [0.3, 0.4) is 0 Å². The Bertz CT molecular complexity index is 1160. The van der Waals surface area contributed by atoms with E-state index in [4.69, 9.17) is 4.74 Å². The number of piperazine rings is 1. The number of ketones is 1. The Hall–Kier alpha value is -2.76. The van der Waals surface area contributed by atoms with Crippen molar-refractivity contribution in [2.75, 3.05) is 38.1 Å². The second-order valence-electron chi connectivity index (χ2n) is 7.02. The molecule has 162 valence electrons. The zero-order valence-electron chi connectivity index (χ0n) is 16.2. The lowest BCUT2D eigenvalue weighted by atomic mass is 10.1. The van der Waals surface area contributed by atoms with Gasteiger partial charge in [0.1, 0.15) is 5.75 Å². The summed E-state index contributed by atoms with van der Waals surface area (Å²) in [7, 11) is -3.86. The first-order valence-electron chi connectivity index (χ1n) is 9.42. The first-order valence-corrected chi connectivity index (χ1v) is 11.6. The van der Waals surface area contributed by atoms with Crippen LogP contribution in [0.4, 0.5) is 5.69 Å². The Morgan fingerprint density at radius 3 is 2.39 bits per heavy atom. The lowest BCUT2D eigenvalue weighted by molar-refractivity contribution is -0.134. The first-order chi connectivity index (χ1) is 14.8. The van der Waals surface area contributed by atoms with Crippen LogP contribution in [0.2, 0.25) is 0 Å². The van der Waals surface area contributed by atoms with Gasteiger partial charge in [-0.2, -0.15) is 4.31 Å². The fourth-order valence-corrected chi connectivity index (χ4v) is 5.09. The van der Waals surface area contributed by atoms with E-state index in [0.717, 1.165) is 4.47 Å². The standard InChI is InChI=1S/C20H18BrN3O6S/c21-13-1-3-14(4-2-13)30-12-18(25)23-7-9-24(10-8-23)31(28,29)15-5-6-17-16(11-15)19(26)20(27)22-17/h1-6,11H,7-10,12H2,(H,22,26,27). The molecule has 9 nitrogen and oxygen atoms in total. The third kappa shape index (κ3) is 4.34. The van der Waals surface area contributed by atoms with Crippen LogP contribution in [-0.4, -0.2) is 68.0 Å². The van der Waals surface area contributed by atoms with Gasteiger partial charge in [0.25, 0.3) is 17.6 Å². The number of amides is 2. The maximum absolute atomic E-state index is 13.0. The summed E-state index contributed by atoms with van der Waals surface area (Å²) in [4.78, 5) is 37.3. The first kappa shape index (κ1) is 21.5. The van der Waals surface area contributed by atoms with Gasteiger partial charge in [0.05, 0.1) is 16.1 Å². The number of halogens is 1. The molecule has 2 aromatic rings. The van der Waals surface area contributed by atoms with Gasteiger partial charge in [0.2, 0.25) is 10.0 Å². The third-order valence-electron chi connectivity index (χ3n) is 5.10. The van der Waals surface area contributed by atoms with Crippen LogP contribution < -0.4 is 10.1 Å². The maximum Gasteiger partial charge on any atom is 0.296 e. The fourth-order valence-electron chi connectivity index (χ4n) is 3.38. The van der Waals surface area contributed by atoms with Gasteiger partial charge >= 0.3 is 0 Å². The van der Waals surface area contributed by atoms with E-state index in [1.165, 1.54) is 22.5 Å². The summed E-state index contributed by atoms with van der Waals surface area (Å²) < 4.78 is 33.6. The van der Waals surface area contributed by atoms with Crippen LogP contribution in [0.1, 0.15) is 10.4 Å². The van der Waals surface area contributed by atoms with Crippen LogP contribution >= 0.6 is 15.9 Å². The normalized spacial score (nSPS) is 16.7. The Kier molecular flexibility index (Phi) is 5.82. The van der Waals surface area contributed by atoms with Crippen molar-refractivity contribution >= 4 is 49.2 Å². The number of carbonyl (C=O) groups excluding carboxylic acids is 3. The van der Waals surface area contributed by atoms with E-state index in [9.17, 15) is 22.8 Å². The van der Waals surface area contributed by atoms with Crippen LogP contribution in [0.5, 0.6) is 5.75 Å². The molecular weight excluding hydrogens is 490 g/mol. The summed E-state index contributed by atoms with van der Waals surface area (Å²) in [6.45, 7) is 0.558. The third-order valence-corrected chi connectivity index (χ3v) is 7.52. The number of hydrogen-bond acceptors (Lipinski definition) is 6. The minimum atomic E-state index is -3.86. The Labute approximate surface area is 187 Å². The second-order valence-corrected chi connectivity index (χ2v) is 9.87. The average Bonchev–Trinajstić information content (AvgIpc) is 3.06. The highest BCUT2D eigenvalue weighted by atomic mass is 79.9. The summed E-state index contributed by atoms with van der Waals surface area (Å²) in [5, 5.41) is 2.39. The zero-order valence-corrected chi connectivity index (χ0v) is 18.6. The molecule has 4 rings (SSSR count). The number of carbonyl (C=O) groups is 3. The van der Waals surface area contributed by atoms with Gasteiger partial charge in [-0.05, 0) is 42.5 Å². The van der Waals surface area contributed by atoms with Crippen molar-refractivity contribution in [1.29, 1.82) is 0 Å². The largest absolute Gasteiger partial charge is 0.484 e. The minimum Gasteiger partial charge on any atom is -0.484 e. The molecule has 1 N–H and O–H groups in total. The summed E-state index contributed by atoms with van der Waals surface area (Å²) in [5.74, 6) is -1.19. The fraction of sp³-hybridized carbons (Fsp3) is 0.250. The molecule has 2 aliphatic heterocycles. The predicted molar refractivity (Wildman–Crippen MR) is 114 cm³/mol. The van der Waals surface area contributed by atoms with E-state index >= 15 is 0 Å². The molecule has 0 saturated carbocycles.